The monoisotopic (exact) mass is 274 g/mol. The molecule has 2 rings (SSSR count). The standard InChI is InChI=1S/C17H26N2O/c1-5-9-19-13(2)11-18(12-14(19)3)17-8-6-7-16(10-17)15(4)20/h6-8,10,13-14H,5,9,11-12H2,1-4H3/t13-,14+. The van der Waals surface area contributed by atoms with Crippen molar-refractivity contribution in [2.75, 3.05) is 24.5 Å². The second-order valence-electron chi connectivity index (χ2n) is 5.95. The second kappa shape index (κ2) is 6.40. The first kappa shape index (κ1) is 15.0. The summed E-state index contributed by atoms with van der Waals surface area (Å²) < 4.78 is 0. The van der Waals surface area contributed by atoms with E-state index in [0.717, 1.165) is 18.7 Å². The Morgan fingerprint density at radius 3 is 2.45 bits per heavy atom. The van der Waals surface area contributed by atoms with Gasteiger partial charge in [0, 0.05) is 36.4 Å². The molecule has 3 heteroatoms. The lowest BCUT2D eigenvalue weighted by Gasteiger charge is -2.45. The van der Waals surface area contributed by atoms with Gasteiger partial charge in [0.15, 0.2) is 5.78 Å². The average Bonchev–Trinajstić information content (AvgIpc) is 2.42. The molecular formula is C17H26N2O. The molecule has 0 bridgehead atoms. The van der Waals surface area contributed by atoms with E-state index in [2.05, 4.69) is 36.6 Å². The van der Waals surface area contributed by atoms with Crippen molar-refractivity contribution in [2.24, 2.45) is 0 Å². The van der Waals surface area contributed by atoms with E-state index in [1.807, 2.05) is 18.2 Å². The first-order chi connectivity index (χ1) is 9.52. The zero-order valence-electron chi connectivity index (χ0n) is 13.1. The Bertz CT molecular complexity index is 460. The van der Waals surface area contributed by atoms with E-state index in [-0.39, 0.29) is 5.78 Å². The lowest BCUT2D eigenvalue weighted by molar-refractivity contribution is 0.101. The van der Waals surface area contributed by atoms with Crippen molar-refractivity contribution in [3.05, 3.63) is 29.8 Å². The molecule has 3 nitrogen and oxygen atoms in total. The minimum Gasteiger partial charge on any atom is -0.368 e. The molecule has 1 heterocycles. The number of hydrogen-bond acceptors (Lipinski definition) is 3. The molecule has 2 atom stereocenters. The van der Waals surface area contributed by atoms with Crippen molar-refractivity contribution in [3.63, 3.8) is 0 Å². The molecule has 0 saturated carbocycles. The summed E-state index contributed by atoms with van der Waals surface area (Å²) in [5, 5.41) is 0. The van der Waals surface area contributed by atoms with Crippen LogP contribution in [0.3, 0.4) is 0 Å². The Kier molecular flexibility index (Phi) is 4.81. The highest BCUT2D eigenvalue weighted by atomic mass is 16.1. The van der Waals surface area contributed by atoms with Gasteiger partial charge in [-0.2, -0.15) is 0 Å². The van der Waals surface area contributed by atoms with E-state index in [9.17, 15) is 4.79 Å². The van der Waals surface area contributed by atoms with Gasteiger partial charge in [0.1, 0.15) is 0 Å². The van der Waals surface area contributed by atoms with Crippen LogP contribution >= 0.6 is 0 Å². The highest BCUT2D eigenvalue weighted by Crippen LogP contribution is 2.23. The summed E-state index contributed by atoms with van der Waals surface area (Å²) in [7, 11) is 0. The molecule has 20 heavy (non-hydrogen) atoms. The molecule has 1 aliphatic rings. The van der Waals surface area contributed by atoms with Gasteiger partial charge < -0.3 is 4.90 Å². The third-order valence-electron chi connectivity index (χ3n) is 4.20. The Balaban J connectivity index is 2.15. The molecule has 0 unspecified atom stereocenters. The SMILES string of the molecule is CCCN1[C@H](C)CN(c2cccc(C(C)=O)c2)C[C@@H]1C. The van der Waals surface area contributed by atoms with Crippen LogP contribution in [0.5, 0.6) is 0 Å². The number of anilines is 1. The summed E-state index contributed by atoms with van der Waals surface area (Å²) in [6.07, 6.45) is 1.20. The fourth-order valence-electron chi connectivity index (χ4n) is 3.19. The third-order valence-corrected chi connectivity index (χ3v) is 4.20. The number of carbonyl (C=O) groups excluding carboxylic acids is 1. The molecule has 0 spiro atoms. The zero-order valence-corrected chi connectivity index (χ0v) is 13.1. The smallest absolute Gasteiger partial charge is 0.159 e. The van der Waals surface area contributed by atoms with Crippen molar-refractivity contribution in [1.29, 1.82) is 0 Å². The van der Waals surface area contributed by atoms with Crippen LogP contribution in [0, 0.1) is 0 Å². The van der Waals surface area contributed by atoms with Crippen LogP contribution in [-0.2, 0) is 0 Å². The topological polar surface area (TPSA) is 23.6 Å². The van der Waals surface area contributed by atoms with Gasteiger partial charge in [0.05, 0.1) is 0 Å². The molecule has 1 fully saturated rings. The van der Waals surface area contributed by atoms with Crippen LogP contribution in [0.15, 0.2) is 24.3 Å². The Hall–Kier alpha value is -1.35. The maximum absolute atomic E-state index is 11.5. The Labute approximate surface area is 122 Å². The highest BCUT2D eigenvalue weighted by Gasteiger charge is 2.28. The van der Waals surface area contributed by atoms with Crippen LogP contribution in [0.4, 0.5) is 5.69 Å². The number of ketones is 1. The molecule has 1 aromatic carbocycles. The zero-order chi connectivity index (χ0) is 14.7. The van der Waals surface area contributed by atoms with Crippen LogP contribution in [0.25, 0.3) is 0 Å². The molecule has 110 valence electrons. The minimum absolute atomic E-state index is 0.137. The number of Topliss-reactive ketones (excluding diaryl/α,β-unsaturated/α-hetero) is 1. The average molecular weight is 274 g/mol. The number of piperazine rings is 1. The number of benzene rings is 1. The summed E-state index contributed by atoms with van der Waals surface area (Å²) in [6.45, 7) is 11.7. The van der Waals surface area contributed by atoms with Crippen LogP contribution in [0.2, 0.25) is 0 Å². The molecule has 0 N–H and O–H groups in total. The summed E-state index contributed by atoms with van der Waals surface area (Å²) in [6, 6.07) is 9.13. The van der Waals surface area contributed by atoms with Crippen molar-refractivity contribution in [1.82, 2.24) is 4.90 Å². The lowest BCUT2D eigenvalue weighted by atomic mass is 10.1. The lowest BCUT2D eigenvalue weighted by Crippen LogP contribution is -2.56. The fourth-order valence-corrected chi connectivity index (χ4v) is 3.19. The van der Waals surface area contributed by atoms with E-state index in [1.165, 1.54) is 18.7 Å². The van der Waals surface area contributed by atoms with Gasteiger partial charge in [-0.3, -0.25) is 9.69 Å². The molecule has 0 aliphatic carbocycles. The van der Waals surface area contributed by atoms with E-state index in [0.29, 0.717) is 12.1 Å². The van der Waals surface area contributed by atoms with Gasteiger partial charge in [-0.25, -0.2) is 0 Å². The second-order valence-corrected chi connectivity index (χ2v) is 5.95. The van der Waals surface area contributed by atoms with Gasteiger partial charge in [-0.1, -0.05) is 19.1 Å². The van der Waals surface area contributed by atoms with Gasteiger partial charge >= 0.3 is 0 Å². The normalized spacial score (nSPS) is 23.9. The van der Waals surface area contributed by atoms with Crippen LogP contribution in [-0.4, -0.2) is 42.4 Å². The number of carbonyl (C=O) groups is 1. The van der Waals surface area contributed by atoms with Gasteiger partial charge in [0.25, 0.3) is 0 Å². The van der Waals surface area contributed by atoms with Crippen LogP contribution < -0.4 is 4.90 Å². The molecule has 0 aromatic heterocycles. The Morgan fingerprint density at radius 2 is 1.90 bits per heavy atom. The number of hydrogen-bond donors (Lipinski definition) is 0. The molecule has 1 saturated heterocycles. The first-order valence-electron chi connectivity index (χ1n) is 7.64. The quantitative estimate of drug-likeness (QED) is 0.788. The summed E-state index contributed by atoms with van der Waals surface area (Å²) in [5.41, 5.74) is 1.98. The van der Waals surface area contributed by atoms with Gasteiger partial charge in [-0.15, -0.1) is 0 Å². The number of rotatable bonds is 4. The highest BCUT2D eigenvalue weighted by molar-refractivity contribution is 5.95. The summed E-state index contributed by atoms with van der Waals surface area (Å²) in [5.74, 6) is 0.137. The van der Waals surface area contributed by atoms with E-state index in [4.69, 9.17) is 0 Å². The van der Waals surface area contributed by atoms with E-state index in [1.54, 1.807) is 6.92 Å². The largest absolute Gasteiger partial charge is 0.368 e. The van der Waals surface area contributed by atoms with Crippen molar-refractivity contribution < 1.29 is 4.79 Å². The third kappa shape index (κ3) is 3.21. The molecular weight excluding hydrogens is 248 g/mol. The minimum atomic E-state index is 0.137. The molecule has 0 radical (unpaired) electrons. The van der Waals surface area contributed by atoms with E-state index < -0.39 is 0 Å². The summed E-state index contributed by atoms with van der Waals surface area (Å²) >= 11 is 0. The molecule has 1 aromatic rings. The molecule has 1 aliphatic heterocycles. The van der Waals surface area contributed by atoms with Gasteiger partial charge in [0.2, 0.25) is 0 Å². The Morgan fingerprint density at radius 1 is 1.25 bits per heavy atom. The van der Waals surface area contributed by atoms with Crippen LogP contribution in [0.1, 0.15) is 44.5 Å². The maximum Gasteiger partial charge on any atom is 0.159 e. The predicted molar refractivity (Wildman–Crippen MR) is 84.6 cm³/mol. The maximum atomic E-state index is 11.5. The summed E-state index contributed by atoms with van der Waals surface area (Å²) in [4.78, 5) is 16.5. The predicted octanol–water partition coefficient (Wildman–Crippen LogP) is 3.20. The first-order valence-corrected chi connectivity index (χ1v) is 7.64. The van der Waals surface area contributed by atoms with E-state index >= 15 is 0 Å². The van der Waals surface area contributed by atoms with Crippen molar-refractivity contribution in [2.45, 2.75) is 46.2 Å². The molecule has 0 amide bonds. The van der Waals surface area contributed by atoms with Gasteiger partial charge in [-0.05, 0) is 45.9 Å². The van der Waals surface area contributed by atoms with Crippen molar-refractivity contribution >= 4 is 11.5 Å². The fraction of sp³-hybridized carbons (Fsp3) is 0.588. The van der Waals surface area contributed by atoms with Crippen molar-refractivity contribution in [3.8, 4) is 0 Å². The number of nitrogens with zero attached hydrogens (tertiary/aromatic N) is 2.